The second-order valence-electron chi connectivity index (χ2n) is 6.08. The van der Waals surface area contributed by atoms with E-state index in [-0.39, 0.29) is 11.6 Å². The number of hydrazone groups is 1. The molecule has 1 saturated carbocycles. The van der Waals surface area contributed by atoms with Gasteiger partial charge < -0.3 is 10.6 Å². The van der Waals surface area contributed by atoms with Crippen LogP contribution in [0.1, 0.15) is 18.4 Å². The SMILES string of the molecule is O=C1Nc2ccc(F)cc2/C1=N/NC(=S)NC1CC2C=CC1C2. The van der Waals surface area contributed by atoms with Gasteiger partial charge in [-0.2, -0.15) is 5.10 Å². The molecule has 3 N–H and O–H groups in total. The van der Waals surface area contributed by atoms with E-state index in [2.05, 4.69) is 33.3 Å². The molecule has 3 unspecified atom stereocenters. The van der Waals surface area contributed by atoms with E-state index in [9.17, 15) is 9.18 Å². The first kappa shape index (κ1) is 14.3. The van der Waals surface area contributed by atoms with Crippen molar-refractivity contribution in [2.24, 2.45) is 16.9 Å². The molecule has 118 valence electrons. The molecule has 2 aliphatic carbocycles. The largest absolute Gasteiger partial charge is 0.358 e. The summed E-state index contributed by atoms with van der Waals surface area (Å²) in [5.41, 5.74) is 3.83. The Morgan fingerprint density at radius 3 is 2.96 bits per heavy atom. The van der Waals surface area contributed by atoms with Crippen LogP contribution in [0.4, 0.5) is 10.1 Å². The summed E-state index contributed by atoms with van der Waals surface area (Å²) in [5.74, 6) is 0.366. The number of fused-ring (bicyclic) bond motifs is 3. The number of amides is 1. The second kappa shape index (κ2) is 5.42. The second-order valence-corrected chi connectivity index (χ2v) is 6.48. The molecule has 0 saturated heterocycles. The number of allylic oxidation sites excluding steroid dienone is 1. The van der Waals surface area contributed by atoms with Crippen molar-refractivity contribution in [2.75, 3.05) is 5.32 Å². The lowest BCUT2D eigenvalue weighted by Crippen LogP contribution is -2.42. The molecule has 1 fully saturated rings. The Morgan fingerprint density at radius 2 is 2.22 bits per heavy atom. The molecule has 1 aliphatic heterocycles. The summed E-state index contributed by atoms with van der Waals surface area (Å²) in [6.45, 7) is 0. The van der Waals surface area contributed by atoms with Crippen LogP contribution in [0.25, 0.3) is 0 Å². The van der Waals surface area contributed by atoms with E-state index in [1.54, 1.807) is 0 Å². The van der Waals surface area contributed by atoms with Crippen molar-refractivity contribution in [3.8, 4) is 0 Å². The Kier molecular flexibility index (Phi) is 3.37. The monoisotopic (exact) mass is 330 g/mol. The third-order valence-corrected chi connectivity index (χ3v) is 4.77. The van der Waals surface area contributed by atoms with Gasteiger partial charge in [-0.05, 0) is 55.1 Å². The molecule has 1 heterocycles. The molecule has 2 bridgehead atoms. The molecular formula is C16H15FN4OS. The Hall–Kier alpha value is -2.28. The van der Waals surface area contributed by atoms with Crippen LogP contribution in [0, 0.1) is 17.7 Å². The minimum absolute atomic E-state index is 0.136. The van der Waals surface area contributed by atoms with Gasteiger partial charge in [-0.3, -0.25) is 10.2 Å². The quantitative estimate of drug-likeness (QED) is 0.440. The van der Waals surface area contributed by atoms with Gasteiger partial charge in [-0.25, -0.2) is 4.39 Å². The lowest BCUT2D eigenvalue weighted by atomic mass is 10.0. The van der Waals surface area contributed by atoms with Crippen molar-refractivity contribution in [1.82, 2.24) is 10.7 Å². The minimum Gasteiger partial charge on any atom is -0.358 e. The number of hydrogen-bond donors (Lipinski definition) is 3. The summed E-state index contributed by atoms with van der Waals surface area (Å²) in [6, 6.07) is 4.41. The topological polar surface area (TPSA) is 65.5 Å². The molecule has 5 nitrogen and oxygen atoms in total. The first-order chi connectivity index (χ1) is 11.1. The number of nitrogens with one attached hydrogen (secondary N) is 3. The highest BCUT2D eigenvalue weighted by molar-refractivity contribution is 7.80. The average molecular weight is 330 g/mol. The molecule has 0 spiro atoms. The number of carbonyl (C=O) groups excluding carboxylic acids is 1. The third kappa shape index (κ3) is 2.61. The van der Waals surface area contributed by atoms with Crippen molar-refractivity contribution in [3.05, 3.63) is 41.7 Å². The highest BCUT2D eigenvalue weighted by Gasteiger charge is 2.36. The van der Waals surface area contributed by atoms with Crippen LogP contribution >= 0.6 is 12.2 Å². The normalized spacial score (nSPS) is 28.8. The molecule has 7 heteroatoms. The zero-order chi connectivity index (χ0) is 16.0. The number of carbonyl (C=O) groups is 1. The van der Waals surface area contributed by atoms with E-state index in [4.69, 9.17) is 12.2 Å². The first-order valence-corrected chi connectivity index (χ1v) is 7.95. The summed E-state index contributed by atoms with van der Waals surface area (Å²) < 4.78 is 13.4. The number of hydrogen-bond acceptors (Lipinski definition) is 3. The van der Waals surface area contributed by atoms with Crippen LogP contribution in [0.3, 0.4) is 0 Å². The van der Waals surface area contributed by atoms with Gasteiger partial charge in [0.15, 0.2) is 10.8 Å². The number of thiocarbonyl (C=S) groups is 1. The average Bonchev–Trinajstić information content (AvgIpc) is 3.19. The van der Waals surface area contributed by atoms with E-state index in [0.717, 1.165) is 6.42 Å². The Bertz CT molecular complexity index is 760. The van der Waals surface area contributed by atoms with Crippen molar-refractivity contribution >= 4 is 34.6 Å². The molecule has 3 aliphatic rings. The molecule has 1 amide bonds. The molecular weight excluding hydrogens is 315 g/mol. The summed E-state index contributed by atoms with van der Waals surface area (Å²) in [4.78, 5) is 11.9. The Balaban J connectivity index is 1.45. The van der Waals surface area contributed by atoms with Gasteiger partial charge >= 0.3 is 0 Å². The van der Waals surface area contributed by atoms with Crippen molar-refractivity contribution in [3.63, 3.8) is 0 Å². The van der Waals surface area contributed by atoms with Gasteiger partial charge in [0.2, 0.25) is 0 Å². The molecule has 23 heavy (non-hydrogen) atoms. The maximum absolute atomic E-state index is 13.4. The van der Waals surface area contributed by atoms with E-state index in [0.29, 0.717) is 34.2 Å². The number of anilines is 1. The van der Waals surface area contributed by atoms with Crippen LogP contribution < -0.4 is 16.1 Å². The van der Waals surface area contributed by atoms with Crippen LogP contribution in [-0.4, -0.2) is 22.8 Å². The summed E-state index contributed by atoms with van der Waals surface area (Å²) >= 11 is 5.24. The zero-order valence-electron chi connectivity index (χ0n) is 12.2. The smallest absolute Gasteiger partial charge is 0.276 e. The van der Waals surface area contributed by atoms with Gasteiger partial charge in [0, 0.05) is 11.6 Å². The van der Waals surface area contributed by atoms with Gasteiger partial charge in [-0.15, -0.1) is 0 Å². The van der Waals surface area contributed by atoms with Crippen LogP contribution in [0.15, 0.2) is 35.5 Å². The van der Waals surface area contributed by atoms with Gasteiger partial charge in [0.25, 0.3) is 5.91 Å². The fraction of sp³-hybridized carbons (Fsp3) is 0.312. The molecule has 1 aromatic rings. The number of benzene rings is 1. The highest BCUT2D eigenvalue weighted by atomic mass is 32.1. The van der Waals surface area contributed by atoms with Crippen LogP contribution in [0.2, 0.25) is 0 Å². The zero-order valence-corrected chi connectivity index (χ0v) is 13.0. The lowest BCUT2D eigenvalue weighted by molar-refractivity contribution is -0.110. The minimum atomic E-state index is -0.414. The maximum Gasteiger partial charge on any atom is 0.276 e. The predicted molar refractivity (Wildman–Crippen MR) is 89.6 cm³/mol. The summed E-state index contributed by atoms with van der Waals surface area (Å²) in [5, 5.41) is 10.3. The van der Waals surface area contributed by atoms with Gasteiger partial charge in [0.1, 0.15) is 5.82 Å². The standard InChI is InChI=1S/C16H15FN4OS/c17-10-3-4-12-11(7-10)14(15(22)18-12)20-21-16(23)19-13-6-8-1-2-9(13)5-8/h1-4,7-9,13H,5-6H2,(H,18,20,22)(H2,19,21,23). The fourth-order valence-electron chi connectivity index (χ4n) is 3.49. The molecule has 0 aromatic heterocycles. The van der Waals surface area contributed by atoms with Gasteiger partial charge in [-0.1, -0.05) is 12.2 Å². The molecule has 0 radical (unpaired) electrons. The summed E-state index contributed by atoms with van der Waals surface area (Å²) in [7, 11) is 0. The number of nitrogens with zero attached hydrogens (tertiary/aromatic N) is 1. The number of halogens is 1. The van der Waals surface area contributed by atoms with Crippen LogP contribution in [-0.2, 0) is 4.79 Å². The van der Waals surface area contributed by atoms with Crippen molar-refractivity contribution < 1.29 is 9.18 Å². The van der Waals surface area contributed by atoms with E-state index >= 15 is 0 Å². The highest BCUT2D eigenvalue weighted by Crippen LogP contribution is 2.38. The van der Waals surface area contributed by atoms with E-state index in [1.165, 1.54) is 24.6 Å². The third-order valence-electron chi connectivity index (χ3n) is 4.56. The van der Waals surface area contributed by atoms with Gasteiger partial charge in [0.05, 0.1) is 5.69 Å². The summed E-state index contributed by atoms with van der Waals surface area (Å²) in [6.07, 6.45) is 6.72. The first-order valence-electron chi connectivity index (χ1n) is 7.54. The van der Waals surface area contributed by atoms with Crippen molar-refractivity contribution in [2.45, 2.75) is 18.9 Å². The molecule has 3 atom stereocenters. The molecule has 4 rings (SSSR count). The van der Waals surface area contributed by atoms with E-state index < -0.39 is 5.82 Å². The predicted octanol–water partition coefficient (Wildman–Crippen LogP) is 1.91. The Labute approximate surface area is 138 Å². The molecule has 1 aromatic carbocycles. The fourth-order valence-corrected chi connectivity index (χ4v) is 3.69. The number of rotatable bonds is 2. The maximum atomic E-state index is 13.4. The van der Waals surface area contributed by atoms with Crippen molar-refractivity contribution in [1.29, 1.82) is 0 Å². The van der Waals surface area contributed by atoms with E-state index in [1.807, 2.05) is 0 Å². The lowest BCUT2D eigenvalue weighted by Gasteiger charge is -2.20. The Morgan fingerprint density at radius 1 is 1.35 bits per heavy atom. The van der Waals surface area contributed by atoms with Crippen LogP contribution in [0.5, 0.6) is 0 Å².